The van der Waals surface area contributed by atoms with Crippen LogP contribution >= 0.6 is 11.3 Å². The fourth-order valence-electron chi connectivity index (χ4n) is 2.15. The molecule has 0 aliphatic heterocycles. The number of aryl methyl sites for hydroxylation is 1. The Balaban J connectivity index is 1.88. The second-order valence-electron chi connectivity index (χ2n) is 4.74. The van der Waals surface area contributed by atoms with Crippen molar-refractivity contribution in [3.63, 3.8) is 0 Å². The van der Waals surface area contributed by atoms with E-state index in [1.54, 1.807) is 0 Å². The van der Waals surface area contributed by atoms with Crippen molar-refractivity contribution in [2.45, 2.75) is 38.1 Å². The predicted molar refractivity (Wildman–Crippen MR) is 66.8 cm³/mol. The summed E-state index contributed by atoms with van der Waals surface area (Å²) in [5.74, 6) is 0.00910. The van der Waals surface area contributed by atoms with E-state index < -0.39 is 0 Å². The average molecular weight is 238 g/mol. The van der Waals surface area contributed by atoms with Gasteiger partial charge in [-0.3, -0.25) is 4.79 Å². The highest BCUT2D eigenvalue weighted by atomic mass is 32.1. The van der Waals surface area contributed by atoms with Gasteiger partial charge in [0.1, 0.15) is 0 Å². The lowest BCUT2D eigenvalue weighted by molar-refractivity contribution is 0.0947. The van der Waals surface area contributed by atoms with E-state index in [1.165, 1.54) is 24.2 Å². The summed E-state index contributed by atoms with van der Waals surface area (Å²) in [7, 11) is 0. The minimum atomic E-state index is -0.165. The number of nitrogens with one attached hydrogen (secondary N) is 1. The monoisotopic (exact) mass is 238 g/mol. The number of rotatable bonds is 3. The normalized spacial score (nSPS) is 18.6. The van der Waals surface area contributed by atoms with Crippen LogP contribution in [0.4, 0.5) is 0 Å². The van der Waals surface area contributed by atoms with Crippen molar-refractivity contribution in [1.82, 2.24) is 5.32 Å². The van der Waals surface area contributed by atoms with E-state index in [1.807, 2.05) is 18.4 Å². The van der Waals surface area contributed by atoms with Gasteiger partial charge in [-0.05, 0) is 36.8 Å². The second kappa shape index (κ2) is 4.55. The highest BCUT2D eigenvalue weighted by Gasteiger charge is 2.29. The van der Waals surface area contributed by atoms with Crippen molar-refractivity contribution < 1.29 is 4.79 Å². The number of nitrogens with two attached hydrogens (primary N) is 1. The van der Waals surface area contributed by atoms with E-state index in [4.69, 9.17) is 5.73 Å². The molecule has 0 saturated heterocycles. The minimum Gasteiger partial charge on any atom is -0.349 e. The van der Waals surface area contributed by atoms with Gasteiger partial charge in [-0.25, -0.2) is 0 Å². The Morgan fingerprint density at radius 3 is 2.81 bits per heavy atom. The topological polar surface area (TPSA) is 55.1 Å². The maximum atomic E-state index is 11.8. The largest absolute Gasteiger partial charge is 0.349 e. The molecule has 1 heterocycles. The van der Waals surface area contributed by atoms with Crippen LogP contribution in [-0.4, -0.2) is 18.0 Å². The molecule has 88 valence electrons. The molecular weight excluding hydrogens is 220 g/mol. The van der Waals surface area contributed by atoms with Gasteiger partial charge >= 0.3 is 0 Å². The Bertz CT molecular complexity index is 380. The third kappa shape index (κ3) is 2.62. The SMILES string of the molecule is Cc1csc(C(=O)NCC2(N)CCCC2)c1. The molecule has 0 aromatic carbocycles. The minimum absolute atomic E-state index is 0.00910. The fourth-order valence-corrected chi connectivity index (χ4v) is 2.96. The summed E-state index contributed by atoms with van der Waals surface area (Å²) in [6, 6.07) is 1.91. The third-order valence-electron chi connectivity index (χ3n) is 3.15. The van der Waals surface area contributed by atoms with E-state index in [9.17, 15) is 4.79 Å². The summed E-state index contributed by atoms with van der Waals surface area (Å²) in [6.07, 6.45) is 4.42. The molecular formula is C12H18N2OS. The third-order valence-corrected chi connectivity index (χ3v) is 4.20. The lowest BCUT2D eigenvalue weighted by Gasteiger charge is -2.23. The van der Waals surface area contributed by atoms with Gasteiger partial charge in [0, 0.05) is 12.1 Å². The van der Waals surface area contributed by atoms with Crippen molar-refractivity contribution in [3.05, 3.63) is 21.9 Å². The maximum Gasteiger partial charge on any atom is 0.261 e. The first kappa shape index (κ1) is 11.6. The molecule has 0 atom stereocenters. The number of thiophene rings is 1. The summed E-state index contributed by atoms with van der Waals surface area (Å²) in [5.41, 5.74) is 7.15. The molecule has 2 rings (SSSR count). The van der Waals surface area contributed by atoms with Crippen LogP contribution in [0, 0.1) is 6.92 Å². The molecule has 1 saturated carbocycles. The summed E-state index contributed by atoms with van der Waals surface area (Å²) in [6.45, 7) is 2.59. The number of carbonyl (C=O) groups excluding carboxylic acids is 1. The molecule has 1 aromatic rings. The highest BCUT2D eigenvalue weighted by molar-refractivity contribution is 7.12. The quantitative estimate of drug-likeness (QED) is 0.847. The van der Waals surface area contributed by atoms with Gasteiger partial charge in [-0.2, -0.15) is 0 Å². The van der Waals surface area contributed by atoms with Crippen molar-refractivity contribution >= 4 is 17.2 Å². The molecule has 1 amide bonds. The van der Waals surface area contributed by atoms with Gasteiger partial charge in [0.2, 0.25) is 0 Å². The Morgan fingerprint density at radius 2 is 2.25 bits per heavy atom. The number of hydrogen-bond donors (Lipinski definition) is 2. The van der Waals surface area contributed by atoms with Crippen LogP contribution in [0.5, 0.6) is 0 Å². The predicted octanol–water partition coefficient (Wildman–Crippen LogP) is 2.06. The van der Waals surface area contributed by atoms with Crippen LogP contribution in [0.2, 0.25) is 0 Å². The van der Waals surface area contributed by atoms with Crippen molar-refractivity contribution in [1.29, 1.82) is 0 Å². The van der Waals surface area contributed by atoms with Crippen LogP contribution in [0.3, 0.4) is 0 Å². The Morgan fingerprint density at radius 1 is 1.56 bits per heavy atom. The molecule has 0 unspecified atom stereocenters. The van der Waals surface area contributed by atoms with Gasteiger partial charge in [-0.15, -0.1) is 11.3 Å². The maximum absolute atomic E-state index is 11.8. The van der Waals surface area contributed by atoms with Gasteiger partial charge in [-0.1, -0.05) is 12.8 Å². The number of amides is 1. The first-order chi connectivity index (χ1) is 7.59. The molecule has 1 fully saturated rings. The average Bonchev–Trinajstić information content (AvgIpc) is 2.85. The Hall–Kier alpha value is -0.870. The highest BCUT2D eigenvalue weighted by Crippen LogP contribution is 2.26. The Kier molecular flexibility index (Phi) is 3.30. The summed E-state index contributed by atoms with van der Waals surface area (Å²) >= 11 is 1.49. The molecule has 0 spiro atoms. The lowest BCUT2D eigenvalue weighted by Crippen LogP contribution is -2.47. The molecule has 1 aliphatic carbocycles. The van der Waals surface area contributed by atoms with Crippen molar-refractivity contribution in [2.75, 3.05) is 6.54 Å². The Labute approximate surface area is 100 Å². The first-order valence-electron chi connectivity index (χ1n) is 5.71. The smallest absolute Gasteiger partial charge is 0.261 e. The lowest BCUT2D eigenvalue weighted by atomic mass is 9.99. The standard InChI is InChI=1S/C12H18N2OS/c1-9-6-10(16-7-9)11(15)14-8-12(13)4-2-3-5-12/h6-7H,2-5,8,13H2,1H3,(H,14,15). The molecule has 3 N–H and O–H groups in total. The molecule has 0 bridgehead atoms. The molecule has 1 aromatic heterocycles. The van der Waals surface area contributed by atoms with Gasteiger partial charge < -0.3 is 11.1 Å². The number of carbonyl (C=O) groups is 1. The van der Waals surface area contributed by atoms with Crippen LogP contribution in [-0.2, 0) is 0 Å². The van der Waals surface area contributed by atoms with Gasteiger partial charge in [0.25, 0.3) is 5.91 Å². The number of hydrogen-bond acceptors (Lipinski definition) is 3. The molecule has 3 nitrogen and oxygen atoms in total. The van der Waals surface area contributed by atoms with Gasteiger partial charge in [0.05, 0.1) is 4.88 Å². The summed E-state index contributed by atoms with van der Waals surface area (Å²) < 4.78 is 0. The zero-order valence-corrected chi connectivity index (χ0v) is 10.4. The fraction of sp³-hybridized carbons (Fsp3) is 0.583. The summed E-state index contributed by atoms with van der Waals surface area (Å²) in [4.78, 5) is 12.6. The van der Waals surface area contributed by atoms with Crippen LogP contribution in [0.25, 0.3) is 0 Å². The van der Waals surface area contributed by atoms with Crippen molar-refractivity contribution in [3.8, 4) is 0 Å². The van der Waals surface area contributed by atoms with E-state index in [0.29, 0.717) is 6.54 Å². The molecule has 16 heavy (non-hydrogen) atoms. The molecule has 1 aliphatic rings. The zero-order chi connectivity index (χ0) is 11.6. The molecule has 0 radical (unpaired) electrons. The van der Waals surface area contributed by atoms with E-state index >= 15 is 0 Å². The molecule has 4 heteroatoms. The first-order valence-corrected chi connectivity index (χ1v) is 6.59. The van der Waals surface area contributed by atoms with Crippen LogP contribution in [0.15, 0.2) is 11.4 Å². The van der Waals surface area contributed by atoms with E-state index in [0.717, 1.165) is 23.3 Å². The van der Waals surface area contributed by atoms with Gasteiger partial charge in [0.15, 0.2) is 0 Å². The van der Waals surface area contributed by atoms with Crippen molar-refractivity contribution in [2.24, 2.45) is 5.73 Å². The zero-order valence-electron chi connectivity index (χ0n) is 9.58. The second-order valence-corrected chi connectivity index (χ2v) is 5.65. The summed E-state index contributed by atoms with van der Waals surface area (Å²) in [5, 5.41) is 4.93. The van der Waals surface area contributed by atoms with E-state index in [2.05, 4.69) is 5.32 Å². The van der Waals surface area contributed by atoms with Crippen LogP contribution < -0.4 is 11.1 Å². The van der Waals surface area contributed by atoms with Crippen LogP contribution in [0.1, 0.15) is 40.9 Å². The van der Waals surface area contributed by atoms with E-state index in [-0.39, 0.29) is 11.4 Å².